The summed E-state index contributed by atoms with van der Waals surface area (Å²) in [7, 11) is 0. The van der Waals surface area contributed by atoms with E-state index in [1.54, 1.807) is 6.07 Å². The van der Waals surface area contributed by atoms with Crippen LogP contribution in [-0.2, 0) is 6.54 Å². The molecule has 0 aliphatic carbocycles. The molecule has 0 fully saturated rings. The molecule has 0 saturated carbocycles. The normalized spacial score (nSPS) is 13.1. The standard InChI is InChI=1S/C15H13BrFNO2/c16-12-8-11(17)2-3-13(12)18-9-10-1-4-14-15(7-10)20-6-5-19-14/h1-4,7-8,18H,5-6,9H2. The van der Waals surface area contributed by atoms with Crippen LogP contribution < -0.4 is 14.8 Å². The molecule has 0 aromatic heterocycles. The zero-order valence-corrected chi connectivity index (χ0v) is 12.2. The van der Waals surface area contributed by atoms with Gasteiger partial charge in [-0.2, -0.15) is 0 Å². The molecule has 1 aliphatic rings. The first-order chi connectivity index (χ1) is 9.72. The number of ether oxygens (including phenoxy) is 2. The van der Waals surface area contributed by atoms with Crippen LogP contribution in [0.5, 0.6) is 11.5 Å². The van der Waals surface area contributed by atoms with Crippen molar-refractivity contribution in [2.75, 3.05) is 18.5 Å². The third kappa shape index (κ3) is 2.88. The van der Waals surface area contributed by atoms with Gasteiger partial charge in [-0.15, -0.1) is 0 Å². The summed E-state index contributed by atoms with van der Waals surface area (Å²) in [6.45, 7) is 1.79. The van der Waals surface area contributed by atoms with Crippen molar-refractivity contribution >= 4 is 21.6 Å². The molecule has 5 heteroatoms. The third-order valence-electron chi connectivity index (χ3n) is 3.02. The van der Waals surface area contributed by atoms with Crippen molar-refractivity contribution in [2.24, 2.45) is 0 Å². The minimum absolute atomic E-state index is 0.262. The molecule has 2 aromatic carbocycles. The van der Waals surface area contributed by atoms with Gasteiger partial charge in [0.15, 0.2) is 11.5 Å². The fraction of sp³-hybridized carbons (Fsp3) is 0.200. The van der Waals surface area contributed by atoms with E-state index in [1.165, 1.54) is 12.1 Å². The number of anilines is 1. The lowest BCUT2D eigenvalue weighted by molar-refractivity contribution is 0.171. The van der Waals surface area contributed by atoms with Gasteiger partial charge in [0.2, 0.25) is 0 Å². The van der Waals surface area contributed by atoms with E-state index >= 15 is 0 Å². The van der Waals surface area contributed by atoms with Crippen molar-refractivity contribution in [1.82, 2.24) is 0 Å². The summed E-state index contributed by atoms with van der Waals surface area (Å²) in [5.41, 5.74) is 1.92. The van der Waals surface area contributed by atoms with E-state index in [9.17, 15) is 4.39 Å². The maximum atomic E-state index is 13.0. The highest BCUT2D eigenvalue weighted by molar-refractivity contribution is 9.10. The average Bonchev–Trinajstić information content (AvgIpc) is 2.46. The Morgan fingerprint density at radius 3 is 2.65 bits per heavy atom. The van der Waals surface area contributed by atoms with Gasteiger partial charge in [0.1, 0.15) is 19.0 Å². The fourth-order valence-electron chi connectivity index (χ4n) is 2.03. The topological polar surface area (TPSA) is 30.5 Å². The Bertz CT molecular complexity index is 633. The lowest BCUT2D eigenvalue weighted by atomic mass is 10.2. The molecule has 0 atom stereocenters. The lowest BCUT2D eigenvalue weighted by Gasteiger charge is -2.19. The van der Waals surface area contributed by atoms with Gasteiger partial charge < -0.3 is 14.8 Å². The molecule has 3 rings (SSSR count). The number of benzene rings is 2. The minimum atomic E-state index is -0.262. The largest absolute Gasteiger partial charge is 0.486 e. The van der Waals surface area contributed by atoms with Crippen LogP contribution in [0.1, 0.15) is 5.56 Å². The van der Waals surface area contributed by atoms with E-state index in [-0.39, 0.29) is 5.82 Å². The van der Waals surface area contributed by atoms with Crippen molar-refractivity contribution < 1.29 is 13.9 Å². The number of fused-ring (bicyclic) bond motifs is 1. The monoisotopic (exact) mass is 337 g/mol. The summed E-state index contributed by atoms with van der Waals surface area (Å²) in [4.78, 5) is 0. The Morgan fingerprint density at radius 1 is 1.05 bits per heavy atom. The molecule has 3 nitrogen and oxygen atoms in total. The molecule has 0 spiro atoms. The van der Waals surface area contributed by atoms with Crippen LogP contribution in [-0.4, -0.2) is 13.2 Å². The SMILES string of the molecule is Fc1ccc(NCc2ccc3c(c2)OCCO3)c(Br)c1. The van der Waals surface area contributed by atoms with Crippen LogP contribution in [0.4, 0.5) is 10.1 Å². The maximum Gasteiger partial charge on any atom is 0.161 e. The Kier molecular flexibility index (Phi) is 3.78. The molecule has 0 saturated heterocycles. The summed E-state index contributed by atoms with van der Waals surface area (Å²) < 4.78 is 24.7. The highest BCUT2D eigenvalue weighted by Crippen LogP contribution is 2.31. The summed E-state index contributed by atoms with van der Waals surface area (Å²) in [5, 5.41) is 3.25. The second-order valence-electron chi connectivity index (χ2n) is 4.46. The number of hydrogen-bond donors (Lipinski definition) is 1. The van der Waals surface area contributed by atoms with E-state index in [0.29, 0.717) is 24.2 Å². The van der Waals surface area contributed by atoms with Gasteiger partial charge in [0.05, 0.1) is 0 Å². The van der Waals surface area contributed by atoms with E-state index in [2.05, 4.69) is 21.2 Å². The summed E-state index contributed by atoms with van der Waals surface area (Å²) >= 11 is 3.33. The summed E-state index contributed by atoms with van der Waals surface area (Å²) in [6.07, 6.45) is 0. The first-order valence-electron chi connectivity index (χ1n) is 6.30. The second-order valence-corrected chi connectivity index (χ2v) is 5.31. The smallest absolute Gasteiger partial charge is 0.161 e. The first kappa shape index (κ1) is 13.2. The van der Waals surface area contributed by atoms with Crippen LogP contribution in [0.3, 0.4) is 0 Å². The minimum Gasteiger partial charge on any atom is -0.486 e. The predicted octanol–water partition coefficient (Wildman–Crippen LogP) is 3.97. The van der Waals surface area contributed by atoms with Gasteiger partial charge in [-0.25, -0.2) is 4.39 Å². The number of halogens is 2. The Balaban J connectivity index is 1.72. The molecular formula is C15H13BrFNO2. The van der Waals surface area contributed by atoms with Gasteiger partial charge >= 0.3 is 0 Å². The molecule has 0 unspecified atom stereocenters. The van der Waals surface area contributed by atoms with E-state index in [1.807, 2.05) is 18.2 Å². The molecule has 1 heterocycles. The van der Waals surface area contributed by atoms with Gasteiger partial charge in [-0.05, 0) is 51.8 Å². The van der Waals surface area contributed by atoms with Crippen molar-refractivity contribution in [3.63, 3.8) is 0 Å². The zero-order chi connectivity index (χ0) is 13.9. The molecule has 2 aromatic rings. The van der Waals surface area contributed by atoms with Gasteiger partial charge in [-0.3, -0.25) is 0 Å². The Labute approximate surface area is 124 Å². The fourth-order valence-corrected chi connectivity index (χ4v) is 2.52. The summed E-state index contributed by atoms with van der Waals surface area (Å²) in [5.74, 6) is 1.29. The molecule has 1 aliphatic heterocycles. The van der Waals surface area contributed by atoms with Crippen LogP contribution in [0, 0.1) is 5.82 Å². The first-order valence-corrected chi connectivity index (χ1v) is 7.09. The van der Waals surface area contributed by atoms with Crippen molar-refractivity contribution in [1.29, 1.82) is 0 Å². The Hall–Kier alpha value is -1.75. The van der Waals surface area contributed by atoms with Crippen LogP contribution in [0.2, 0.25) is 0 Å². The molecule has 0 amide bonds. The van der Waals surface area contributed by atoms with Gasteiger partial charge in [0.25, 0.3) is 0 Å². The number of hydrogen-bond acceptors (Lipinski definition) is 3. The molecule has 0 bridgehead atoms. The quantitative estimate of drug-likeness (QED) is 0.919. The van der Waals surface area contributed by atoms with E-state index < -0.39 is 0 Å². The lowest BCUT2D eigenvalue weighted by Crippen LogP contribution is -2.15. The predicted molar refractivity (Wildman–Crippen MR) is 78.9 cm³/mol. The van der Waals surface area contributed by atoms with E-state index in [0.717, 1.165) is 22.7 Å². The van der Waals surface area contributed by atoms with Crippen LogP contribution in [0.25, 0.3) is 0 Å². The highest BCUT2D eigenvalue weighted by Gasteiger charge is 2.11. The molecule has 1 N–H and O–H groups in total. The van der Waals surface area contributed by atoms with Crippen molar-refractivity contribution in [3.8, 4) is 11.5 Å². The number of nitrogens with one attached hydrogen (secondary N) is 1. The third-order valence-corrected chi connectivity index (χ3v) is 3.68. The van der Waals surface area contributed by atoms with Crippen LogP contribution >= 0.6 is 15.9 Å². The Morgan fingerprint density at radius 2 is 1.85 bits per heavy atom. The second kappa shape index (κ2) is 5.71. The van der Waals surface area contributed by atoms with Gasteiger partial charge in [-0.1, -0.05) is 6.07 Å². The molecule has 0 radical (unpaired) electrons. The average molecular weight is 338 g/mol. The summed E-state index contributed by atoms with van der Waals surface area (Å²) in [6, 6.07) is 10.4. The van der Waals surface area contributed by atoms with Crippen molar-refractivity contribution in [3.05, 3.63) is 52.3 Å². The van der Waals surface area contributed by atoms with Gasteiger partial charge in [0, 0.05) is 16.7 Å². The number of rotatable bonds is 3. The highest BCUT2D eigenvalue weighted by atomic mass is 79.9. The molecule has 20 heavy (non-hydrogen) atoms. The van der Waals surface area contributed by atoms with Crippen molar-refractivity contribution in [2.45, 2.75) is 6.54 Å². The zero-order valence-electron chi connectivity index (χ0n) is 10.7. The molecule has 104 valence electrons. The maximum absolute atomic E-state index is 13.0. The molecular weight excluding hydrogens is 325 g/mol. The van der Waals surface area contributed by atoms with E-state index in [4.69, 9.17) is 9.47 Å². The van der Waals surface area contributed by atoms with Crippen LogP contribution in [0.15, 0.2) is 40.9 Å².